The lowest BCUT2D eigenvalue weighted by molar-refractivity contribution is -0.384. The second-order valence-corrected chi connectivity index (χ2v) is 9.81. The zero-order valence-electron chi connectivity index (χ0n) is 20.4. The van der Waals surface area contributed by atoms with Gasteiger partial charge in [0, 0.05) is 57.0 Å². The van der Waals surface area contributed by atoms with Crippen LogP contribution in [-0.4, -0.2) is 71.6 Å². The van der Waals surface area contributed by atoms with Crippen LogP contribution in [0, 0.1) is 15.5 Å². The molecule has 1 N–H and O–H groups in total. The third-order valence-electron chi connectivity index (χ3n) is 7.74. The lowest BCUT2D eigenvalue weighted by Gasteiger charge is -2.55. The summed E-state index contributed by atoms with van der Waals surface area (Å²) in [6.07, 6.45) is 1.36. The Morgan fingerprint density at radius 3 is 2.74 bits per heavy atom. The standard InChI is InChI=1S/C26H25N5O7/c1-2-7-30-24(33)26(23(32)27-25(30)34)12-17-11-18(31(35)36)4-5-19(17)29-9-8-28(14-22(26)29)13-16-3-6-20-21(10-16)38-15-37-20/h2-6,10-11,22H,1,7-9,12-15H2,(H,27,32,34)/t22-,26+/m1/s1. The first kappa shape index (κ1) is 23.9. The molecule has 2 atom stereocenters. The summed E-state index contributed by atoms with van der Waals surface area (Å²) in [6.45, 7) is 5.78. The zero-order valence-corrected chi connectivity index (χ0v) is 20.4. The maximum atomic E-state index is 14.0. The smallest absolute Gasteiger partial charge is 0.331 e. The van der Waals surface area contributed by atoms with E-state index < -0.39 is 34.2 Å². The Morgan fingerprint density at radius 2 is 1.95 bits per heavy atom. The first-order valence-corrected chi connectivity index (χ1v) is 12.2. The number of anilines is 1. The molecule has 2 aromatic rings. The van der Waals surface area contributed by atoms with Crippen LogP contribution in [0.5, 0.6) is 11.5 Å². The highest BCUT2D eigenvalue weighted by atomic mass is 16.7. The van der Waals surface area contributed by atoms with Crippen LogP contribution >= 0.6 is 0 Å². The van der Waals surface area contributed by atoms with Gasteiger partial charge < -0.3 is 14.4 Å². The second kappa shape index (κ2) is 8.84. The van der Waals surface area contributed by atoms with E-state index in [1.165, 1.54) is 18.2 Å². The quantitative estimate of drug-likeness (QED) is 0.272. The van der Waals surface area contributed by atoms with Gasteiger partial charge in [-0.2, -0.15) is 0 Å². The number of ether oxygens (including phenoxy) is 2. The summed E-state index contributed by atoms with van der Waals surface area (Å²) in [4.78, 5) is 56.3. The number of nitro benzene ring substituents is 1. The molecule has 4 aliphatic rings. The van der Waals surface area contributed by atoms with Gasteiger partial charge in [-0.15, -0.1) is 6.58 Å². The SMILES string of the molecule is C=CCN1C(=O)NC(=O)[C@@]2(Cc3cc([N+](=O)[O-])ccc3N3CCN(Cc4ccc5c(c4)OCO5)C[C@@H]32)C1=O. The van der Waals surface area contributed by atoms with Gasteiger partial charge in [0.1, 0.15) is 0 Å². The maximum Gasteiger partial charge on any atom is 0.331 e. The van der Waals surface area contributed by atoms with E-state index in [4.69, 9.17) is 9.47 Å². The molecule has 2 saturated heterocycles. The largest absolute Gasteiger partial charge is 0.454 e. The Labute approximate surface area is 217 Å². The Hall–Kier alpha value is -4.45. The molecule has 0 unspecified atom stereocenters. The van der Waals surface area contributed by atoms with E-state index in [-0.39, 0.29) is 25.4 Å². The zero-order chi connectivity index (χ0) is 26.6. The van der Waals surface area contributed by atoms with Gasteiger partial charge in [0.25, 0.3) is 5.69 Å². The van der Waals surface area contributed by atoms with E-state index in [0.717, 1.165) is 16.2 Å². The van der Waals surface area contributed by atoms with Gasteiger partial charge in [-0.1, -0.05) is 12.1 Å². The number of imide groups is 2. The number of fused-ring (bicyclic) bond motifs is 5. The van der Waals surface area contributed by atoms with Gasteiger partial charge in [-0.05, 0) is 29.3 Å². The van der Waals surface area contributed by atoms with Crippen LogP contribution in [0.25, 0.3) is 0 Å². The van der Waals surface area contributed by atoms with Crippen molar-refractivity contribution in [3.63, 3.8) is 0 Å². The van der Waals surface area contributed by atoms with Crippen LogP contribution in [-0.2, 0) is 22.6 Å². The predicted octanol–water partition coefficient (Wildman–Crippen LogP) is 1.82. The topological polar surface area (TPSA) is 135 Å². The minimum absolute atomic E-state index is 0.0604. The monoisotopic (exact) mass is 519 g/mol. The minimum Gasteiger partial charge on any atom is -0.454 e. The van der Waals surface area contributed by atoms with Crippen molar-refractivity contribution in [2.24, 2.45) is 5.41 Å². The summed E-state index contributed by atoms with van der Waals surface area (Å²) in [5.74, 6) is 0.0475. The predicted molar refractivity (Wildman–Crippen MR) is 134 cm³/mol. The molecule has 2 fully saturated rings. The van der Waals surface area contributed by atoms with Crippen molar-refractivity contribution in [3.05, 3.63) is 70.3 Å². The van der Waals surface area contributed by atoms with Crippen molar-refractivity contribution in [3.8, 4) is 11.5 Å². The molecule has 4 heterocycles. The molecule has 0 aromatic heterocycles. The molecule has 1 spiro atoms. The molecule has 4 amide bonds. The first-order chi connectivity index (χ1) is 18.3. The highest BCUT2D eigenvalue weighted by Crippen LogP contribution is 2.46. The fraction of sp³-hybridized carbons (Fsp3) is 0.346. The summed E-state index contributed by atoms with van der Waals surface area (Å²) in [5.41, 5.74) is 0.498. The molecule has 2 aromatic carbocycles. The number of urea groups is 1. The molecule has 12 nitrogen and oxygen atoms in total. The van der Waals surface area contributed by atoms with E-state index in [9.17, 15) is 24.5 Å². The molecule has 0 radical (unpaired) electrons. The van der Waals surface area contributed by atoms with E-state index in [1.54, 1.807) is 6.07 Å². The number of benzene rings is 2. The molecule has 0 aliphatic carbocycles. The van der Waals surface area contributed by atoms with Gasteiger partial charge in [-0.25, -0.2) is 4.79 Å². The van der Waals surface area contributed by atoms with Crippen molar-refractivity contribution >= 4 is 29.2 Å². The van der Waals surface area contributed by atoms with Crippen molar-refractivity contribution in [1.29, 1.82) is 0 Å². The number of barbiturate groups is 1. The fourth-order valence-corrected chi connectivity index (χ4v) is 5.97. The van der Waals surface area contributed by atoms with Crippen LogP contribution in [0.3, 0.4) is 0 Å². The third-order valence-corrected chi connectivity index (χ3v) is 7.74. The number of non-ortho nitro benzene ring substituents is 1. The van der Waals surface area contributed by atoms with Crippen LogP contribution in [0.15, 0.2) is 49.1 Å². The summed E-state index contributed by atoms with van der Waals surface area (Å²) in [5, 5.41) is 13.9. The minimum atomic E-state index is -1.65. The first-order valence-electron chi connectivity index (χ1n) is 12.2. The van der Waals surface area contributed by atoms with Gasteiger partial charge in [-0.3, -0.25) is 34.8 Å². The van der Waals surface area contributed by atoms with Gasteiger partial charge in [0.05, 0.1) is 11.0 Å². The van der Waals surface area contributed by atoms with Crippen LogP contribution in [0.4, 0.5) is 16.2 Å². The van der Waals surface area contributed by atoms with Gasteiger partial charge in [0.2, 0.25) is 18.6 Å². The molecule has 4 aliphatic heterocycles. The molecule has 0 bridgehead atoms. The number of hydrogen-bond acceptors (Lipinski definition) is 9. The fourth-order valence-electron chi connectivity index (χ4n) is 5.97. The summed E-state index contributed by atoms with van der Waals surface area (Å²) in [7, 11) is 0. The molecule has 6 rings (SSSR count). The molecular formula is C26H25N5O7. The van der Waals surface area contributed by atoms with Crippen molar-refractivity contribution < 1.29 is 28.8 Å². The Balaban J connectivity index is 1.39. The van der Waals surface area contributed by atoms with Crippen LogP contribution < -0.4 is 19.7 Å². The highest BCUT2D eigenvalue weighted by molar-refractivity contribution is 6.20. The van der Waals surface area contributed by atoms with E-state index in [0.29, 0.717) is 43.2 Å². The maximum absolute atomic E-state index is 14.0. The van der Waals surface area contributed by atoms with Crippen molar-refractivity contribution in [2.75, 3.05) is 37.9 Å². The number of rotatable bonds is 5. The average molecular weight is 520 g/mol. The molecule has 38 heavy (non-hydrogen) atoms. The number of carbonyl (C=O) groups is 3. The molecular weight excluding hydrogens is 494 g/mol. The highest BCUT2D eigenvalue weighted by Gasteiger charge is 2.62. The second-order valence-electron chi connectivity index (χ2n) is 9.81. The summed E-state index contributed by atoms with van der Waals surface area (Å²) < 4.78 is 10.9. The number of carbonyl (C=O) groups excluding carboxylic acids is 3. The number of nitro groups is 1. The Bertz CT molecular complexity index is 1390. The van der Waals surface area contributed by atoms with E-state index in [1.807, 2.05) is 23.1 Å². The number of piperazine rings is 1. The van der Waals surface area contributed by atoms with Crippen LogP contribution in [0.1, 0.15) is 11.1 Å². The van der Waals surface area contributed by atoms with Crippen molar-refractivity contribution in [2.45, 2.75) is 19.0 Å². The summed E-state index contributed by atoms with van der Waals surface area (Å²) >= 11 is 0. The van der Waals surface area contributed by atoms with Crippen LogP contribution in [0.2, 0.25) is 0 Å². The number of hydrogen-bond donors (Lipinski definition) is 1. The lowest BCUT2D eigenvalue weighted by atomic mass is 9.67. The molecule has 0 saturated carbocycles. The van der Waals surface area contributed by atoms with Gasteiger partial charge in [0.15, 0.2) is 16.9 Å². The third kappa shape index (κ3) is 3.59. The van der Waals surface area contributed by atoms with Crippen molar-refractivity contribution in [1.82, 2.24) is 15.1 Å². The lowest BCUT2D eigenvalue weighted by Crippen LogP contribution is -2.75. The van der Waals surface area contributed by atoms with E-state index in [2.05, 4.69) is 16.8 Å². The van der Waals surface area contributed by atoms with Gasteiger partial charge >= 0.3 is 6.03 Å². The average Bonchev–Trinajstić information content (AvgIpc) is 3.37. The van der Waals surface area contributed by atoms with E-state index >= 15 is 0 Å². The molecule has 12 heteroatoms. The molecule has 196 valence electrons. The Kier molecular flexibility index (Phi) is 5.56. The normalized spacial score (nSPS) is 24.2. The summed E-state index contributed by atoms with van der Waals surface area (Å²) in [6, 6.07) is 8.86. The number of nitrogens with zero attached hydrogens (tertiary/aromatic N) is 4. The number of nitrogens with one attached hydrogen (secondary N) is 1. The Morgan fingerprint density at radius 1 is 1.13 bits per heavy atom. The number of amides is 4.